The quantitative estimate of drug-likeness (QED) is 0.415. The number of nitrogens with one attached hydrogen (secondary N) is 1. The van der Waals surface area contributed by atoms with Crippen LogP contribution in [0.25, 0.3) is 0 Å². The highest BCUT2D eigenvalue weighted by molar-refractivity contribution is 5.84. The molecule has 0 bridgehead atoms. The summed E-state index contributed by atoms with van der Waals surface area (Å²) in [5.41, 5.74) is -0.521. The molecule has 0 radical (unpaired) electrons. The van der Waals surface area contributed by atoms with Crippen LogP contribution in [0.1, 0.15) is 98.8 Å². The molecule has 0 spiro atoms. The van der Waals surface area contributed by atoms with Crippen molar-refractivity contribution < 1.29 is 14.3 Å². The zero-order valence-electron chi connectivity index (χ0n) is 15.9. The second-order valence-corrected chi connectivity index (χ2v) is 7.40. The maximum absolute atomic E-state index is 11.8. The predicted molar refractivity (Wildman–Crippen MR) is 95.3 cm³/mol. The van der Waals surface area contributed by atoms with E-state index >= 15 is 0 Å². The topological polar surface area (TPSA) is 55.4 Å². The fourth-order valence-corrected chi connectivity index (χ4v) is 2.36. The first-order chi connectivity index (χ1) is 10.8. The number of hydrogen-bond donors (Lipinski definition) is 1. The Bertz CT molecular complexity index is 334. The Morgan fingerprint density at radius 1 is 0.913 bits per heavy atom. The standard InChI is InChI=1S/C19H37NO3/c1-6-7-8-9-10-11-12-13-14-15-17(21)20-16(2)18(22)23-19(3,4)5/h16H,6-15H2,1-5H3,(H,20,21). The molecule has 1 atom stereocenters. The van der Waals surface area contributed by atoms with Gasteiger partial charge < -0.3 is 10.1 Å². The summed E-state index contributed by atoms with van der Waals surface area (Å²) < 4.78 is 5.24. The van der Waals surface area contributed by atoms with Crippen molar-refractivity contribution in [1.82, 2.24) is 5.32 Å². The molecular formula is C19H37NO3. The molecule has 0 aliphatic carbocycles. The van der Waals surface area contributed by atoms with E-state index in [0.29, 0.717) is 6.42 Å². The number of hydrogen-bond acceptors (Lipinski definition) is 3. The van der Waals surface area contributed by atoms with Gasteiger partial charge in [0.1, 0.15) is 11.6 Å². The van der Waals surface area contributed by atoms with Gasteiger partial charge >= 0.3 is 5.97 Å². The van der Waals surface area contributed by atoms with Gasteiger partial charge in [-0.15, -0.1) is 0 Å². The molecule has 0 aromatic rings. The summed E-state index contributed by atoms with van der Waals surface area (Å²) in [4.78, 5) is 23.6. The van der Waals surface area contributed by atoms with E-state index < -0.39 is 11.6 Å². The molecule has 0 fully saturated rings. The Labute approximate surface area is 142 Å². The molecule has 1 amide bonds. The monoisotopic (exact) mass is 327 g/mol. The van der Waals surface area contributed by atoms with E-state index in [1.807, 2.05) is 20.8 Å². The Morgan fingerprint density at radius 2 is 1.39 bits per heavy atom. The average Bonchev–Trinajstić information content (AvgIpc) is 2.43. The second-order valence-electron chi connectivity index (χ2n) is 7.40. The Kier molecular flexibility index (Phi) is 11.8. The van der Waals surface area contributed by atoms with Crippen LogP contribution < -0.4 is 5.32 Å². The molecule has 0 aromatic heterocycles. The van der Waals surface area contributed by atoms with Gasteiger partial charge in [-0.2, -0.15) is 0 Å². The van der Waals surface area contributed by atoms with Crippen LogP contribution in [0.4, 0.5) is 0 Å². The number of rotatable bonds is 12. The highest BCUT2D eigenvalue weighted by Crippen LogP contribution is 2.11. The Balaban J connectivity index is 3.62. The van der Waals surface area contributed by atoms with Crippen LogP contribution in [0.2, 0.25) is 0 Å². The van der Waals surface area contributed by atoms with Gasteiger partial charge in [-0.05, 0) is 34.1 Å². The fraction of sp³-hybridized carbons (Fsp3) is 0.895. The molecule has 4 nitrogen and oxygen atoms in total. The van der Waals surface area contributed by atoms with Crippen molar-refractivity contribution >= 4 is 11.9 Å². The lowest BCUT2D eigenvalue weighted by molar-refractivity contribution is -0.158. The van der Waals surface area contributed by atoms with E-state index in [4.69, 9.17) is 4.74 Å². The van der Waals surface area contributed by atoms with E-state index in [0.717, 1.165) is 12.8 Å². The van der Waals surface area contributed by atoms with E-state index in [9.17, 15) is 9.59 Å². The smallest absolute Gasteiger partial charge is 0.328 e. The van der Waals surface area contributed by atoms with Gasteiger partial charge in [0, 0.05) is 6.42 Å². The van der Waals surface area contributed by atoms with E-state index in [2.05, 4.69) is 12.2 Å². The van der Waals surface area contributed by atoms with Crippen molar-refractivity contribution in [1.29, 1.82) is 0 Å². The molecule has 1 unspecified atom stereocenters. The number of carbonyl (C=O) groups excluding carboxylic acids is 2. The molecule has 136 valence electrons. The molecule has 0 aliphatic heterocycles. The molecule has 23 heavy (non-hydrogen) atoms. The third kappa shape index (κ3) is 14.3. The third-order valence-electron chi connectivity index (χ3n) is 3.65. The van der Waals surface area contributed by atoms with Crippen molar-refractivity contribution in [2.75, 3.05) is 0 Å². The molecule has 0 aromatic carbocycles. The largest absolute Gasteiger partial charge is 0.458 e. The van der Waals surface area contributed by atoms with Crippen molar-refractivity contribution in [3.8, 4) is 0 Å². The number of unbranched alkanes of at least 4 members (excludes halogenated alkanes) is 8. The summed E-state index contributed by atoms with van der Waals surface area (Å²) in [5.74, 6) is -0.441. The van der Waals surface area contributed by atoms with Crippen molar-refractivity contribution in [2.45, 2.75) is 110 Å². The van der Waals surface area contributed by atoms with Crippen LogP contribution in [0.15, 0.2) is 0 Å². The van der Waals surface area contributed by atoms with E-state index in [-0.39, 0.29) is 11.9 Å². The lowest BCUT2D eigenvalue weighted by Gasteiger charge is -2.22. The summed E-state index contributed by atoms with van der Waals surface area (Å²) >= 11 is 0. The normalized spacial score (nSPS) is 12.7. The van der Waals surface area contributed by atoms with Gasteiger partial charge in [0.2, 0.25) is 5.91 Å². The third-order valence-corrected chi connectivity index (χ3v) is 3.65. The molecule has 1 N–H and O–H groups in total. The van der Waals surface area contributed by atoms with Crippen LogP contribution >= 0.6 is 0 Å². The lowest BCUT2D eigenvalue weighted by atomic mass is 10.1. The van der Waals surface area contributed by atoms with Crippen molar-refractivity contribution in [3.63, 3.8) is 0 Å². The number of amides is 1. The molecule has 0 saturated carbocycles. The summed E-state index contributed by atoms with van der Waals surface area (Å²) in [7, 11) is 0. The minimum atomic E-state index is -0.583. The first-order valence-electron chi connectivity index (χ1n) is 9.28. The molecular weight excluding hydrogens is 290 g/mol. The first kappa shape index (κ1) is 21.9. The van der Waals surface area contributed by atoms with Gasteiger partial charge in [0.05, 0.1) is 0 Å². The van der Waals surface area contributed by atoms with Gasteiger partial charge in [0.25, 0.3) is 0 Å². The highest BCUT2D eigenvalue weighted by Gasteiger charge is 2.22. The second kappa shape index (κ2) is 12.4. The van der Waals surface area contributed by atoms with Gasteiger partial charge in [-0.3, -0.25) is 4.79 Å². The minimum Gasteiger partial charge on any atom is -0.458 e. The van der Waals surface area contributed by atoms with Crippen LogP contribution in [0.3, 0.4) is 0 Å². The number of esters is 1. The minimum absolute atomic E-state index is 0.0636. The predicted octanol–water partition coefficient (Wildman–Crippen LogP) is 4.75. The van der Waals surface area contributed by atoms with Gasteiger partial charge in [-0.25, -0.2) is 4.79 Å². The van der Waals surface area contributed by atoms with Crippen LogP contribution in [-0.4, -0.2) is 23.5 Å². The molecule has 0 saturated heterocycles. The zero-order chi connectivity index (χ0) is 17.7. The zero-order valence-corrected chi connectivity index (χ0v) is 15.9. The number of ether oxygens (including phenoxy) is 1. The Hall–Kier alpha value is -1.06. The fourth-order valence-electron chi connectivity index (χ4n) is 2.36. The van der Waals surface area contributed by atoms with Crippen molar-refractivity contribution in [3.05, 3.63) is 0 Å². The van der Waals surface area contributed by atoms with Crippen molar-refractivity contribution in [2.24, 2.45) is 0 Å². The highest BCUT2D eigenvalue weighted by atomic mass is 16.6. The van der Waals surface area contributed by atoms with Crippen LogP contribution in [0.5, 0.6) is 0 Å². The van der Waals surface area contributed by atoms with E-state index in [1.54, 1.807) is 6.92 Å². The molecule has 0 heterocycles. The van der Waals surface area contributed by atoms with Crippen LogP contribution in [-0.2, 0) is 14.3 Å². The number of carbonyl (C=O) groups is 2. The van der Waals surface area contributed by atoms with Gasteiger partial charge in [0.15, 0.2) is 0 Å². The molecule has 0 rings (SSSR count). The maximum Gasteiger partial charge on any atom is 0.328 e. The van der Waals surface area contributed by atoms with Crippen LogP contribution in [0, 0.1) is 0 Å². The Morgan fingerprint density at radius 3 is 1.87 bits per heavy atom. The average molecular weight is 328 g/mol. The van der Waals surface area contributed by atoms with E-state index in [1.165, 1.54) is 44.9 Å². The lowest BCUT2D eigenvalue weighted by Crippen LogP contribution is -2.42. The summed E-state index contributed by atoms with van der Waals surface area (Å²) in [6.45, 7) is 9.36. The summed E-state index contributed by atoms with van der Waals surface area (Å²) in [6, 6.07) is -0.583. The molecule has 4 heteroatoms. The summed E-state index contributed by atoms with van der Waals surface area (Å²) in [6.07, 6.45) is 11.5. The molecule has 0 aliphatic rings. The summed E-state index contributed by atoms with van der Waals surface area (Å²) in [5, 5.41) is 2.71. The van der Waals surface area contributed by atoms with Gasteiger partial charge in [-0.1, -0.05) is 58.3 Å². The maximum atomic E-state index is 11.8. The first-order valence-corrected chi connectivity index (χ1v) is 9.28. The SMILES string of the molecule is CCCCCCCCCCCC(=O)NC(C)C(=O)OC(C)(C)C.